The maximum Gasteiger partial charge on any atom is 0.118 e. The fourth-order valence-electron chi connectivity index (χ4n) is 2.90. The predicted molar refractivity (Wildman–Crippen MR) is 95.0 cm³/mol. The summed E-state index contributed by atoms with van der Waals surface area (Å²) in [5, 5.41) is 4.81. The van der Waals surface area contributed by atoms with Crippen molar-refractivity contribution in [3.63, 3.8) is 0 Å². The average Bonchev–Trinajstić information content (AvgIpc) is 3.04. The molecule has 1 aromatic carbocycles. The van der Waals surface area contributed by atoms with Crippen molar-refractivity contribution < 1.29 is 4.74 Å². The van der Waals surface area contributed by atoms with Gasteiger partial charge in [0.1, 0.15) is 5.75 Å². The molecule has 0 saturated carbocycles. The summed E-state index contributed by atoms with van der Waals surface area (Å²) in [5.41, 5.74) is 4.57. The maximum atomic E-state index is 5.22. The SMILES string of the molecule is CCCCCCc1cccc2cc(-c3ccc(OC)cc3)nn12. The molecule has 0 aliphatic carbocycles. The molecule has 0 N–H and O–H groups in total. The standard InChI is InChI=1S/C20H24N2O/c1-3-4-5-6-8-17-9-7-10-18-15-20(21-22(17)18)16-11-13-19(23-2)14-12-16/h7,9-15H,3-6,8H2,1-2H3. The molecule has 0 spiro atoms. The molecule has 0 fully saturated rings. The third-order valence-corrected chi connectivity index (χ3v) is 4.24. The van der Waals surface area contributed by atoms with E-state index in [1.165, 1.54) is 31.4 Å². The van der Waals surface area contributed by atoms with Gasteiger partial charge in [-0.15, -0.1) is 0 Å². The number of hydrogen-bond donors (Lipinski definition) is 0. The first-order valence-corrected chi connectivity index (χ1v) is 8.44. The quantitative estimate of drug-likeness (QED) is 0.565. The number of rotatable bonds is 7. The first-order valence-electron chi connectivity index (χ1n) is 8.44. The van der Waals surface area contributed by atoms with Crippen molar-refractivity contribution in [3.05, 3.63) is 54.2 Å². The number of nitrogens with zero attached hydrogens (tertiary/aromatic N) is 2. The van der Waals surface area contributed by atoms with E-state index < -0.39 is 0 Å². The van der Waals surface area contributed by atoms with E-state index in [9.17, 15) is 0 Å². The molecule has 0 radical (unpaired) electrons. The molecule has 0 atom stereocenters. The number of aryl methyl sites for hydroxylation is 1. The molecule has 120 valence electrons. The zero-order chi connectivity index (χ0) is 16.1. The minimum Gasteiger partial charge on any atom is -0.497 e. The summed E-state index contributed by atoms with van der Waals surface area (Å²) >= 11 is 0. The van der Waals surface area contributed by atoms with Crippen LogP contribution < -0.4 is 4.74 Å². The lowest BCUT2D eigenvalue weighted by Crippen LogP contribution is -1.98. The molecule has 0 bridgehead atoms. The van der Waals surface area contributed by atoms with Crippen LogP contribution in [0, 0.1) is 0 Å². The Morgan fingerprint density at radius 2 is 1.83 bits per heavy atom. The molecular weight excluding hydrogens is 284 g/mol. The van der Waals surface area contributed by atoms with Gasteiger partial charge in [-0.3, -0.25) is 0 Å². The summed E-state index contributed by atoms with van der Waals surface area (Å²) in [4.78, 5) is 0. The summed E-state index contributed by atoms with van der Waals surface area (Å²) in [5.74, 6) is 0.870. The predicted octanol–water partition coefficient (Wildman–Crippen LogP) is 5.13. The second-order valence-electron chi connectivity index (χ2n) is 5.92. The van der Waals surface area contributed by atoms with Gasteiger partial charge in [0.25, 0.3) is 0 Å². The molecule has 2 aromatic heterocycles. The summed E-state index contributed by atoms with van der Waals surface area (Å²) in [6, 6.07) is 16.7. The molecule has 3 nitrogen and oxygen atoms in total. The van der Waals surface area contributed by atoms with Crippen LogP contribution in [0.15, 0.2) is 48.5 Å². The van der Waals surface area contributed by atoms with Gasteiger partial charge in [0.05, 0.1) is 18.3 Å². The van der Waals surface area contributed by atoms with E-state index in [0.29, 0.717) is 0 Å². The lowest BCUT2D eigenvalue weighted by atomic mass is 10.1. The zero-order valence-corrected chi connectivity index (χ0v) is 14.0. The fourth-order valence-corrected chi connectivity index (χ4v) is 2.90. The number of pyridine rings is 1. The molecule has 3 aromatic rings. The Kier molecular flexibility index (Phi) is 4.96. The Morgan fingerprint density at radius 1 is 1.00 bits per heavy atom. The van der Waals surface area contributed by atoms with Crippen LogP contribution in [0.4, 0.5) is 0 Å². The fraction of sp³-hybridized carbons (Fsp3) is 0.350. The highest BCUT2D eigenvalue weighted by atomic mass is 16.5. The normalized spacial score (nSPS) is 11.0. The third kappa shape index (κ3) is 3.55. The molecule has 2 heterocycles. The van der Waals surface area contributed by atoms with Crippen molar-refractivity contribution in [1.82, 2.24) is 9.61 Å². The largest absolute Gasteiger partial charge is 0.497 e. The van der Waals surface area contributed by atoms with Gasteiger partial charge in [-0.05, 0) is 55.3 Å². The van der Waals surface area contributed by atoms with Crippen molar-refractivity contribution in [1.29, 1.82) is 0 Å². The number of hydrogen-bond acceptors (Lipinski definition) is 2. The molecule has 0 aliphatic rings. The third-order valence-electron chi connectivity index (χ3n) is 4.24. The van der Waals surface area contributed by atoms with Gasteiger partial charge in [-0.1, -0.05) is 32.3 Å². The second kappa shape index (κ2) is 7.32. The van der Waals surface area contributed by atoms with E-state index in [2.05, 4.69) is 47.8 Å². The molecule has 3 heteroatoms. The van der Waals surface area contributed by atoms with Crippen LogP contribution in [0.2, 0.25) is 0 Å². The van der Waals surface area contributed by atoms with Crippen LogP contribution in [0.3, 0.4) is 0 Å². The first kappa shape index (κ1) is 15.6. The number of methoxy groups -OCH3 is 1. The van der Waals surface area contributed by atoms with E-state index in [4.69, 9.17) is 9.84 Å². The van der Waals surface area contributed by atoms with Gasteiger partial charge >= 0.3 is 0 Å². The molecule has 0 amide bonds. The summed E-state index contributed by atoms with van der Waals surface area (Å²) in [6.07, 6.45) is 6.19. The molecule has 23 heavy (non-hydrogen) atoms. The van der Waals surface area contributed by atoms with Crippen molar-refractivity contribution >= 4 is 5.52 Å². The van der Waals surface area contributed by atoms with Gasteiger partial charge in [0.2, 0.25) is 0 Å². The van der Waals surface area contributed by atoms with Crippen LogP contribution >= 0.6 is 0 Å². The number of fused-ring (bicyclic) bond motifs is 1. The van der Waals surface area contributed by atoms with Gasteiger partial charge in [-0.2, -0.15) is 5.10 Å². The highest BCUT2D eigenvalue weighted by Gasteiger charge is 2.07. The number of benzene rings is 1. The molecule has 0 unspecified atom stereocenters. The van der Waals surface area contributed by atoms with E-state index in [1.807, 2.05) is 12.1 Å². The average molecular weight is 308 g/mol. The number of ether oxygens (including phenoxy) is 1. The van der Waals surface area contributed by atoms with Gasteiger partial charge in [-0.25, -0.2) is 4.52 Å². The van der Waals surface area contributed by atoms with E-state index >= 15 is 0 Å². The van der Waals surface area contributed by atoms with Crippen molar-refractivity contribution in [2.75, 3.05) is 7.11 Å². The van der Waals surface area contributed by atoms with Gasteiger partial charge in [0.15, 0.2) is 0 Å². The van der Waals surface area contributed by atoms with Crippen LogP contribution in [0.5, 0.6) is 5.75 Å². The van der Waals surface area contributed by atoms with E-state index in [0.717, 1.165) is 28.9 Å². The van der Waals surface area contributed by atoms with Crippen molar-refractivity contribution in [2.45, 2.75) is 39.0 Å². The van der Waals surface area contributed by atoms with Crippen LogP contribution in [0.25, 0.3) is 16.8 Å². The highest BCUT2D eigenvalue weighted by Crippen LogP contribution is 2.23. The second-order valence-corrected chi connectivity index (χ2v) is 5.92. The lowest BCUT2D eigenvalue weighted by molar-refractivity contribution is 0.415. The summed E-state index contributed by atoms with van der Waals surface area (Å²) in [6.45, 7) is 2.25. The molecule has 0 aliphatic heterocycles. The Morgan fingerprint density at radius 3 is 2.57 bits per heavy atom. The van der Waals surface area contributed by atoms with Crippen molar-refractivity contribution in [2.24, 2.45) is 0 Å². The van der Waals surface area contributed by atoms with Gasteiger partial charge < -0.3 is 4.74 Å². The molecular formula is C20H24N2O. The van der Waals surface area contributed by atoms with E-state index in [-0.39, 0.29) is 0 Å². The van der Waals surface area contributed by atoms with Crippen LogP contribution in [0.1, 0.15) is 38.3 Å². The summed E-state index contributed by atoms with van der Waals surface area (Å²) < 4.78 is 7.31. The highest BCUT2D eigenvalue weighted by molar-refractivity contribution is 5.66. The van der Waals surface area contributed by atoms with Crippen molar-refractivity contribution in [3.8, 4) is 17.0 Å². The maximum absolute atomic E-state index is 5.22. The number of unbranched alkanes of at least 4 members (excludes halogenated alkanes) is 3. The Hall–Kier alpha value is -2.29. The van der Waals surface area contributed by atoms with E-state index in [1.54, 1.807) is 7.11 Å². The van der Waals surface area contributed by atoms with Crippen LogP contribution in [-0.4, -0.2) is 16.7 Å². The topological polar surface area (TPSA) is 26.5 Å². The minimum absolute atomic E-state index is 0.870. The summed E-state index contributed by atoms with van der Waals surface area (Å²) in [7, 11) is 1.69. The smallest absolute Gasteiger partial charge is 0.118 e. The lowest BCUT2D eigenvalue weighted by Gasteiger charge is -2.04. The Bertz CT molecular complexity index is 759. The van der Waals surface area contributed by atoms with Gasteiger partial charge in [0, 0.05) is 11.3 Å². The molecule has 3 rings (SSSR count). The zero-order valence-electron chi connectivity index (χ0n) is 14.0. The minimum atomic E-state index is 0.870. The molecule has 0 saturated heterocycles. The Balaban J connectivity index is 1.85. The Labute approximate surface area is 137 Å². The first-order chi connectivity index (χ1) is 11.3. The monoisotopic (exact) mass is 308 g/mol. The number of aromatic nitrogens is 2. The van der Waals surface area contributed by atoms with Crippen LogP contribution in [-0.2, 0) is 6.42 Å².